The van der Waals surface area contributed by atoms with E-state index in [1.807, 2.05) is 35.2 Å². The summed E-state index contributed by atoms with van der Waals surface area (Å²) < 4.78 is 66.3. The third kappa shape index (κ3) is 6.65. The van der Waals surface area contributed by atoms with Crippen LogP contribution in [0.2, 0.25) is 10.0 Å². The van der Waals surface area contributed by atoms with Gasteiger partial charge in [-0.15, -0.1) is 11.3 Å². The minimum Gasteiger partial charge on any atom is -0.335 e. The van der Waals surface area contributed by atoms with E-state index < -0.39 is 30.7 Å². The van der Waals surface area contributed by atoms with Crippen molar-refractivity contribution in [3.05, 3.63) is 61.9 Å². The molecule has 1 aromatic heterocycles. The largest absolute Gasteiger partial charge is 0.335 e. The van der Waals surface area contributed by atoms with Crippen molar-refractivity contribution in [2.45, 2.75) is 48.5 Å². The van der Waals surface area contributed by atoms with Crippen LogP contribution in [-0.4, -0.2) is 43.0 Å². The van der Waals surface area contributed by atoms with E-state index >= 15 is 0 Å². The van der Waals surface area contributed by atoms with E-state index in [0.717, 1.165) is 36.1 Å². The Bertz CT molecular complexity index is 1580. The molecule has 0 saturated carbocycles. The molecule has 1 aliphatic rings. The van der Waals surface area contributed by atoms with E-state index in [-0.39, 0.29) is 12.8 Å². The lowest BCUT2D eigenvalue weighted by molar-refractivity contribution is 0.464. The van der Waals surface area contributed by atoms with E-state index in [4.69, 9.17) is 23.2 Å². The molecule has 0 fully saturated rings. The molecule has 0 bridgehead atoms. The third-order valence-corrected chi connectivity index (χ3v) is 11.6. The summed E-state index contributed by atoms with van der Waals surface area (Å²) in [5.74, 6) is 0. The molecule has 2 aromatic carbocycles. The second kappa shape index (κ2) is 11.1. The molecule has 0 saturated heterocycles. The van der Waals surface area contributed by atoms with Gasteiger partial charge >= 0.3 is 0 Å². The summed E-state index contributed by atoms with van der Waals surface area (Å²) in [6, 6.07) is 11.1. The van der Waals surface area contributed by atoms with Gasteiger partial charge in [0.05, 0.1) is 21.2 Å². The number of anilines is 1. The highest BCUT2D eigenvalue weighted by molar-refractivity contribution is 8.04. The molecule has 0 amide bonds. The highest BCUT2D eigenvalue weighted by atomic mass is 35.5. The number of hydrogen-bond donors (Lipinski definition) is 2. The SMILES string of the molecule is CC(CCc1c(/C=C2\Sc3ccc(Cl)cc3N2CCC(C)S(=O)(=O)O)sc2ccc(Cl)cc12)S(=O)(=O)O. The molecule has 37 heavy (non-hydrogen) atoms. The Morgan fingerprint density at radius 3 is 2.24 bits per heavy atom. The standard InChI is InChI=1S/C24H25Cl2NO6S4/c1-14(36(28,29)30)3-6-18-19-11-16(25)4-7-21(19)34-23(18)13-24-27(10-9-15(2)37(31,32)33)20-12-17(26)5-8-22(20)35-24/h4-5,7-8,11-15H,3,6,9-10H2,1-2H3,(H,28,29,30)(H,31,32,33)/b24-13-. The van der Waals surface area contributed by atoms with Crippen LogP contribution in [0.15, 0.2) is 46.3 Å². The first-order valence-electron chi connectivity index (χ1n) is 11.3. The van der Waals surface area contributed by atoms with Gasteiger partial charge in [-0.3, -0.25) is 9.11 Å². The molecule has 0 spiro atoms. The van der Waals surface area contributed by atoms with Gasteiger partial charge in [0.1, 0.15) is 0 Å². The van der Waals surface area contributed by atoms with Gasteiger partial charge in [-0.05, 0) is 86.5 Å². The number of aryl methyl sites for hydroxylation is 1. The van der Waals surface area contributed by atoms with E-state index in [2.05, 4.69) is 0 Å². The van der Waals surface area contributed by atoms with Crippen LogP contribution >= 0.6 is 46.3 Å². The maximum Gasteiger partial charge on any atom is 0.267 e. The van der Waals surface area contributed by atoms with Crippen molar-refractivity contribution in [3.8, 4) is 0 Å². The lowest BCUT2D eigenvalue weighted by Gasteiger charge is -2.22. The average Bonchev–Trinajstić information content (AvgIpc) is 3.31. The number of halogens is 2. The van der Waals surface area contributed by atoms with Gasteiger partial charge < -0.3 is 4.90 Å². The Morgan fingerprint density at radius 2 is 1.57 bits per heavy atom. The van der Waals surface area contributed by atoms with E-state index in [9.17, 15) is 25.9 Å². The van der Waals surface area contributed by atoms with Crippen molar-refractivity contribution >= 4 is 88.4 Å². The molecule has 2 heterocycles. The molecular weight excluding hydrogens is 597 g/mol. The van der Waals surface area contributed by atoms with Gasteiger partial charge in [0, 0.05) is 31.1 Å². The summed E-state index contributed by atoms with van der Waals surface area (Å²) in [7, 11) is -8.33. The van der Waals surface area contributed by atoms with Crippen LogP contribution in [0.5, 0.6) is 0 Å². The number of thioether (sulfide) groups is 1. The number of fused-ring (bicyclic) bond motifs is 2. The van der Waals surface area contributed by atoms with Crippen molar-refractivity contribution in [2.75, 3.05) is 11.4 Å². The van der Waals surface area contributed by atoms with Gasteiger partial charge in [-0.25, -0.2) is 0 Å². The first-order chi connectivity index (χ1) is 17.2. The molecule has 3 aromatic rings. The molecule has 0 aliphatic carbocycles. The lowest BCUT2D eigenvalue weighted by Crippen LogP contribution is -2.26. The summed E-state index contributed by atoms with van der Waals surface area (Å²) >= 11 is 15.6. The highest BCUT2D eigenvalue weighted by Gasteiger charge is 2.28. The second-order valence-electron chi connectivity index (χ2n) is 8.91. The Labute approximate surface area is 235 Å². The molecule has 200 valence electrons. The molecule has 7 nitrogen and oxygen atoms in total. The fourth-order valence-corrected chi connectivity index (χ4v) is 7.51. The van der Waals surface area contributed by atoms with Crippen molar-refractivity contribution in [2.24, 2.45) is 0 Å². The average molecular weight is 623 g/mol. The van der Waals surface area contributed by atoms with Crippen molar-refractivity contribution in [1.29, 1.82) is 0 Å². The monoisotopic (exact) mass is 621 g/mol. The molecule has 13 heteroatoms. The van der Waals surface area contributed by atoms with E-state index in [1.165, 1.54) is 25.6 Å². The third-order valence-electron chi connectivity index (χ3n) is 6.31. The quantitative estimate of drug-likeness (QED) is 0.246. The van der Waals surface area contributed by atoms with Crippen LogP contribution in [0.1, 0.15) is 37.1 Å². The zero-order valence-corrected chi connectivity index (χ0v) is 24.7. The summed E-state index contributed by atoms with van der Waals surface area (Å²) in [5, 5.41) is 1.01. The van der Waals surface area contributed by atoms with Crippen LogP contribution in [0.4, 0.5) is 5.69 Å². The number of hydrogen-bond acceptors (Lipinski definition) is 7. The number of thiophene rings is 1. The smallest absolute Gasteiger partial charge is 0.267 e. The van der Waals surface area contributed by atoms with Crippen LogP contribution in [-0.2, 0) is 26.7 Å². The topological polar surface area (TPSA) is 112 Å². The summed E-state index contributed by atoms with van der Waals surface area (Å²) in [6.07, 6.45) is 2.84. The fraction of sp³-hybridized carbons (Fsp3) is 0.333. The van der Waals surface area contributed by atoms with Crippen LogP contribution < -0.4 is 4.90 Å². The van der Waals surface area contributed by atoms with Gasteiger partial charge in [0.2, 0.25) is 0 Å². The Morgan fingerprint density at radius 1 is 0.946 bits per heavy atom. The van der Waals surface area contributed by atoms with Gasteiger partial charge in [-0.2, -0.15) is 16.8 Å². The van der Waals surface area contributed by atoms with Gasteiger partial charge in [0.15, 0.2) is 0 Å². The van der Waals surface area contributed by atoms with Crippen LogP contribution in [0, 0.1) is 0 Å². The van der Waals surface area contributed by atoms with Crippen LogP contribution in [0.25, 0.3) is 16.2 Å². The summed E-state index contributed by atoms with van der Waals surface area (Å²) in [6.45, 7) is 3.27. The fourth-order valence-electron chi connectivity index (χ4n) is 4.00. The Kier molecular flexibility index (Phi) is 8.57. The molecule has 2 N–H and O–H groups in total. The van der Waals surface area contributed by atoms with Crippen LogP contribution in [0.3, 0.4) is 0 Å². The highest BCUT2D eigenvalue weighted by Crippen LogP contribution is 2.49. The minimum atomic E-state index is -4.17. The first-order valence-corrected chi connectivity index (χ1v) is 16.7. The minimum absolute atomic E-state index is 0.198. The Hall–Kier alpha value is -1.31. The van der Waals surface area contributed by atoms with Gasteiger partial charge in [-0.1, -0.05) is 35.0 Å². The first kappa shape index (κ1) is 28.7. The van der Waals surface area contributed by atoms with E-state index in [1.54, 1.807) is 23.5 Å². The Balaban J connectivity index is 1.76. The molecule has 2 unspecified atom stereocenters. The summed E-state index contributed by atoms with van der Waals surface area (Å²) in [5.41, 5.74) is 1.77. The number of rotatable bonds is 9. The molecule has 2 atom stereocenters. The second-order valence-corrected chi connectivity index (χ2v) is 15.6. The number of benzene rings is 2. The zero-order chi connectivity index (χ0) is 27.1. The van der Waals surface area contributed by atoms with Gasteiger partial charge in [0.25, 0.3) is 20.2 Å². The molecule has 4 rings (SSSR count). The van der Waals surface area contributed by atoms with Crippen molar-refractivity contribution in [1.82, 2.24) is 0 Å². The lowest BCUT2D eigenvalue weighted by atomic mass is 10.0. The van der Waals surface area contributed by atoms with E-state index in [0.29, 0.717) is 23.0 Å². The normalized spacial score (nSPS) is 16.9. The molecule has 1 aliphatic heterocycles. The maximum absolute atomic E-state index is 11.6. The molecular formula is C24H25Cl2NO6S4. The van der Waals surface area contributed by atoms with Crippen molar-refractivity contribution < 1.29 is 25.9 Å². The molecule has 0 radical (unpaired) electrons. The predicted molar refractivity (Wildman–Crippen MR) is 154 cm³/mol. The number of nitrogens with zero attached hydrogens (tertiary/aromatic N) is 1. The van der Waals surface area contributed by atoms with Crippen molar-refractivity contribution in [3.63, 3.8) is 0 Å². The maximum atomic E-state index is 11.6. The zero-order valence-electron chi connectivity index (χ0n) is 19.9. The summed E-state index contributed by atoms with van der Waals surface area (Å²) in [4.78, 5) is 3.85. The predicted octanol–water partition coefficient (Wildman–Crippen LogP) is 6.99.